The number of Topliss-reactive ketones (excluding diaryl/α,β-unsaturated/α-hetero) is 1. The molecular formula is C29H28Cl2N2O3. The lowest BCUT2D eigenvalue weighted by atomic mass is 9.98. The molecule has 5 nitrogen and oxygen atoms in total. The maximum atomic E-state index is 13.3. The van der Waals surface area contributed by atoms with Crippen LogP contribution < -0.4 is 14.4 Å². The van der Waals surface area contributed by atoms with Crippen LogP contribution in [-0.2, 0) is 13.1 Å². The van der Waals surface area contributed by atoms with Gasteiger partial charge in [0.05, 0.1) is 21.2 Å². The van der Waals surface area contributed by atoms with Crippen LogP contribution in [0.5, 0.6) is 11.5 Å². The van der Waals surface area contributed by atoms with E-state index in [9.17, 15) is 4.79 Å². The molecule has 2 aliphatic rings. The molecule has 0 saturated carbocycles. The van der Waals surface area contributed by atoms with Gasteiger partial charge in [-0.2, -0.15) is 0 Å². The lowest BCUT2D eigenvalue weighted by molar-refractivity contribution is 0.0872. The number of benzene rings is 3. The minimum Gasteiger partial charge on any atom is -0.478 e. The maximum absolute atomic E-state index is 13.3. The quantitative estimate of drug-likeness (QED) is 0.322. The van der Waals surface area contributed by atoms with Gasteiger partial charge in [0.15, 0.2) is 5.76 Å². The van der Waals surface area contributed by atoms with E-state index in [0.29, 0.717) is 46.9 Å². The van der Waals surface area contributed by atoms with Crippen molar-refractivity contribution in [2.75, 3.05) is 24.7 Å². The Morgan fingerprint density at radius 2 is 1.78 bits per heavy atom. The van der Waals surface area contributed by atoms with Gasteiger partial charge >= 0.3 is 0 Å². The molecule has 5 rings (SSSR count). The van der Waals surface area contributed by atoms with Crippen LogP contribution in [0.4, 0.5) is 5.69 Å². The van der Waals surface area contributed by atoms with Crippen LogP contribution in [0.2, 0.25) is 10.0 Å². The lowest BCUT2D eigenvalue weighted by Crippen LogP contribution is -2.31. The van der Waals surface area contributed by atoms with Crippen LogP contribution in [0.15, 0.2) is 54.3 Å². The fraction of sp³-hybridized carbons (Fsp3) is 0.276. The number of nitrogens with zero attached hydrogens (tertiary/aromatic N) is 2. The number of anilines is 1. The van der Waals surface area contributed by atoms with E-state index < -0.39 is 0 Å². The summed E-state index contributed by atoms with van der Waals surface area (Å²) in [4.78, 5) is 17.8. The summed E-state index contributed by atoms with van der Waals surface area (Å²) in [6, 6.07) is 15.7. The molecule has 0 saturated heterocycles. The van der Waals surface area contributed by atoms with Crippen LogP contribution >= 0.6 is 23.2 Å². The Hall–Kier alpha value is -2.99. The number of carbonyl (C=O) groups excluding carboxylic acids is 1. The molecule has 2 heterocycles. The van der Waals surface area contributed by atoms with Crippen molar-refractivity contribution in [3.8, 4) is 11.5 Å². The molecule has 0 bridgehead atoms. The second kappa shape index (κ2) is 10.2. The van der Waals surface area contributed by atoms with E-state index in [2.05, 4.69) is 35.8 Å². The molecule has 0 atom stereocenters. The van der Waals surface area contributed by atoms with Gasteiger partial charge in [-0.05, 0) is 73.9 Å². The average molecular weight is 523 g/mol. The fourth-order valence-electron chi connectivity index (χ4n) is 4.79. The standard InChI is InChI=1S/C29H28Cl2N2O3/c1-4-33(5-2)21-9-6-19(7-10-21)14-26-28(34)27-18(3)12-25-22(29(27)36-26)16-32(17-35-25)15-20-8-11-23(30)24(31)13-20/h6-14H,4-5,15-17H2,1-3H3/b26-14-. The minimum absolute atomic E-state index is 0.0975. The second-order valence-corrected chi connectivity index (χ2v) is 9.90. The number of fused-ring (bicyclic) bond motifs is 3. The van der Waals surface area contributed by atoms with E-state index in [1.165, 1.54) is 0 Å². The highest BCUT2D eigenvalue weighted by Gasteiger charge is 2.35. The topological polar surface area (TPSA) is 42.0 Å². The lowest BCUT2D eigenvalue weighted by Gasteiger charge is -2.30. The van der Waals surface area contributed by atoms with Crippen LogP contribution in [-0.4, -0.2) is 30.5 Å². The molecule has 186 valence electrons. The monoisotopic (exact) mass is 522 g/mol. The van der Waals surface area contributed by atoms with Crippen LogP contribution in [0.3, 0.4) is 0 Å². The Morgan fingerprint density at radius 1 is 1.03 bits per heavy atom. The van der Waals surface area contributed by atoms with Crippen molar-refractivity contribution >= 4 is 40.7 Å². The summed E-state index contributed by atoms with van der Waals surface area (Å²) in [5, 5.41) is 1.06. The Bertz CT molecular complexity index is 1350. The number of carbonyl (C=O) groups is 1. The first-order valence-electron chi connectivity index (χ1n) is 12.1. The molecule has 0 fully saturated rings. The molecule has 0 N–H and O–H groups in total. The Kier molecular flexibility index (Phi) is 6.98. The van der Waals surface area contributed by atoms with Gasteiger partial charge < -0.3 is 14.4 Å². The van der Waals surface area contributed by atoms with Crippen molar-refractivity contribution in [1.29, 1.82) is 0 Å². The number of hydrogen-bond acceptors (Lipinski definition) is 5. The number of halogens is 2. The molecule has 0 spiro atoms. The molecule has 0 aliphatic carbocycles. The second-order valence-electron chi connectivity index (χ2n) is 9.09. The average Bonchev–Trinajstić information content (AvgIpc) is 3.20. The van der Waals surface area contributed by atoms with Gasteiger partial charge in [0.1, 0.15) is 18.2 Å². The number of hydrogen-bond donors (Lipinski definition) is 0. The van der Waals surface area contributed by atoms with Crippen LogP contribution in [0.25, 0.3) is 6.08 Å². The first kappa shape index (κ1) is 24.7. The summed E-state index contributed by atoms with van der Waals surface area (Å²) in [5.74, 6) is 1.59. The zero-order valence-corrected chi connectivity index (χ0v) is 22.1. The van der Waals surface area contributed by atoms with Crippen molar-refractivity contribution in [1.82, 2.24) is 4.90 Å². The van der Waals surface area contributed by atoms with Crippen molar-refractivity contribution < 1.29 is 14.3 Å². The van der Waals surface area contributed by atoms with E-state index in [1.807, 2.05) is 43.3 Å². The summed E-state index contributed by atoms with van der Waals surface area (Å²) in [6.45, 7) is 9.76. The van der Waals surface area contributed by atoms with Gasteiger partial charge in [-0.3, -0.25) is 9.69 Å². The predicted molar refractivity (Wildman–Crippen MR) is 145 cm³/mol. The summed E-state index contributed by atoms with van der Waals surface area (Å²) in [6.07, 6.45) is 1.82. The van der Waals surface area contributed by atoms with E-state index in [-0.39, 0.29) is 5.78 Å². The Balaban J connectivity index is 1.40. The summed E-state index contributed by atoms with van der Waals surface area (Å²) in [7, 11) is 0. The largest absolute Gasteiger partial charge is 0.478 e. The van der Waals surface area contributed by atoms with E-state index in [1.54, 1.807) is 6.07 Å². The van der Waals surface area contributed by atoms with E-state index in [0.717, 1.165) is 46.8 Å². The van der Waals surface area contributed by atoms with Gasteiger partial charge in [-0.15, -0.1) is 0 Å². The van der Waals surface area contributed by atoms with Gasteiger partial charge in [0.2, 0.25) is 5.78 Å². The molecule has 3 aromatic rings. The van der Waals surface area contributed by atoms with Gasteiger partial charge in [-0.25, -0.2) is 0 Å². The molecule has 0 aromatic heterocycles. The van der Waals surface area contributed by atoms with Crippen LogP contribution in [0, 0.1) is 6.92 Å². The number of allylic oxidation sites excluding steroid dienone is 1. The number of aryl methyl sites for hydroxylation is 1. The highest BCUT2D eigenvalue weighted by atomic mass is 35.5. The van der Waals surface area contributed by atoms with Gasteiger partial charge in [0, 0.05) is 31.9 Å². The summed E-state index contributed by atoms with van der Waals surface area (Å²) in [5.41, 5.74) is 5.47. The van der Waals surface area contributed by atoms with E-state index >= 15 is 0 Å². The zero-order chi connectivity index (χ0) is 25.4. The van der Waals surface area contributed by atoms with Gasteiger partial charge in [0.25, 0.3) is 0 Å². The number of rotatable bonds is 6. The van der Waals surface area contributed by atoms with E-state index in [4.69, 9.17) is 32.7 Å². The number of ether oxygens (including phenoxy) is 2. The SMILES string of the molecule is CCN(CC)c1ccc(/C=C2\Oc3c4c(cc(C)c3C2=O)OCN(Cc2ccc(Cl)c(Cl)c2)C4)cc1. The smallest absolute Gasteiger partial charge is 0.232 e. The van der Waals surface area contributed by atoms with Gasteiger partial charge in [-0.1, -0.05) is 41.4 Å². The molecule has 0 radical (unpaired) electrons. The number of ketones is 1. The third-order valence-electron chi connectivity index (χ3n) is 6.70. The molecule has 0 amide bonds. The molecule has 0 unspecified atom stereocenters. The minimum atomic E-state index is -0.0975. The van der Waals surface area contributed by atoms with Crippen molar-refractivity contribution in [2.24, 2.45) is 0 Å². The molecular weight excluding hydrogens is 495 g/mol. The normalized spacial score (nSPS) is 15.9. The fourth-order valence-corrected chi connectivity index (χ4v) is 5.12. The highest BCUT2D eigenvalue weighted by molar-refractivity contribution is 6.42. The zero-order valence-electron chi connectivity index (χ0n) is 20.6. The third-order valence-corrected chi connectivity index (χ3v) is 7.44. The first-order chi connectivity index (χ1) is 17.4. The van der Waals surface area contributed by atoms with Crippen molar-refractivity contribution in [2.45, 2.75) is 33.9 Å². The van der Waals surface area contributed by atoms with Crippen molar-refractivity contribution in [3.05, 3.63) is 92.2 Å². The third kappa shape index (κ3) is 4.71. The molecule has 7 heteroatoms. The first-order valence-corrected chi connectivity index (χ1v) is 12.9. The summed E-state index contributed by atoms with van der Waals surface area (Å²) < 4.78 is 12.3. The highest BCUT2D eigenvalue weighted by Crippen LogP contribution is 2.44. The Labute approximate surface area is 221 Å². The molecule has 2 aliphatic heterocycles. The summed E-state index contributed by atoms with van der Waals surface area (Å²) >= 11 is 12.3. The van der Waals surface area contributed by atoms with Crippen molar-refractivity contribution in [3.63, 3.8) is 0 Å². The molecule has 3 aromatic carbocycles. The predicted octanol–water partition coefficient (Wildman–Crippen LogP) is 7.12. The Morgan fingerprint density at radius 3 is 2.47 bits per heavy atom. The maximum Gasteiger partial charge on any atom is 0.232 e. The van der Waals surface area contributed by atoms with Crippen LogP contribution in [0.1, 0.15) is 46.5 Å². The molecule has 36 heavy (non-hydrogen) atoms.